The molecule has 1 aromatic rings. The fourth-order valence-electron chi connectivity index (χ4n) is 2.62. The standard InChI is InChI=1S/C14H20N2S/c1-14(2,3)9-5-6-10-11(8-15)13(16-4)17-12(10)7-9/h9,16H,5-7H2,1-4H3/t9-/m0/s1. The van der Waals surface area contributed by atoms with Crippen molar-refractivity contribution < 1.29 is 0 Å². The van der Waals surface area contributed by atoms with Crippen LogP contribution in [0.1, 0.15) is 43.2 Å². The molecule has 1 heterocycles. The molecule has 1 aliphatic rings. The van der Waals surface area contributed by atoms with Gasteiger partial charge >= 0.3 is 0 Å². The highest BCUT2D eigenvalue weighted by molar-refractivity contribution is 7.16. The van der Waals surface area contributed by atoms with Crippen LogP contribution in [0.2, 0.25) is 0 Å². The van der Waals surface area contributed by atoms with Gasteiger partial charge in [-0.1, -0.05) is 20.8 Å². The van der Waals surface area contributed by atoms with Crippen LogP contribution in [0.25, 0.3) is 0 Å². The lowest BCUT2D eigenvalue weighted by molar-refractivity contribution is 0.218. The highest BCUT2D eigenvalue weighted by Gasteiger charge is 2.31. The Labute approximate surface area is 108 Å². The summed E-state index contributed by atoms with van der Waals surface area (Å²) >= 11 is 1.77. The Bertz CT molecular complexity index is 460. The second kappa shape index (κ2) is 4.34. The van der Waals surface area contributed by atoms with E-state index in [-0.39, 0.29) is 0 Å². The lowest BCUT2D eigenvalue weighted by Gasteiger charge is -2.33. The van der Waals surface area contributed by atoms with Gasteiger partial charge in [0.25, 0.3) is 0 Å². The highest BCUT2D eigenvalue weighted by atomic mass is 32.1. The van der Waals surface area contributed by atoms with E-state index in [1.54, 1.807) is 11.3 Å². The van der Waals surface area contributed by atoms with Crippen LogP contribution >= 0.6 is 11.3 Å². The Balaban J connectivity index is 2.35. The third-order valence-electron chi connectivity index (χ3n) is 3.83. The second-order valence-electron chi connectivity index (χ2n) is 5.88. The monoisotopic (exact) mass is 248 g/mol. The van der Waals surface area contributed by atoms with E-state index in [4.69, 9.17) is 0 Å². The van der Waals surface area contributed by atoms with Crippen molar-refractivity contribution in [2.24, 2.45) is 11.3 Å². The van der Waals surface area contributed by atoms with Gasteiger partial charge in [0.1, 0.15) is 11.1 Å². The Hall–Kier alpha value is -1.01. The van der Waals surface area contributed by atoms with Crippen molar-refractivity contribution in [1.29, 1.82) is 5.26 Å². The van der Waals surface area contributed by atoms with Crippen LogP contribution in [-0.2, 0) is 12.8 Å². The summed E-state index contributed by atoms with van der Waals surface area (Å²) in [7, 11) is 1.90. The zero-order valence-corrected chi connectivity index (χ0v) is 11.9. The number of fused-ring (bicyclic) bond motifs is 1. The van der Waals surface area contributed by atoms with E-state index in [0.717, 1.165) is 29.3 Å². The molecule has 0 spiro atoms. The van der Waals surface area contributed by atoms with Crippen LogP contribution in [0.3, 0.4) is 0 Å². The van der Waals surface area contributed by atoms with E-state index in [1.165, 1.54) is 16.9 Å². The van der Waals surface area contributed by atoms with E-state index >= 15 is 0 Å². The minimum absolute atomic E-state index is 0.369. The Morgan fingerprint density at radius 2 is 2.12 bits per heavy atom. The lowest BCUT2D eigenvalue weighted by Crippen LogP contribution is -2.26. The van der Waals surface area contributed by atoms with Crippen molar-refractivity contribution >= 4 is 16.3 Å². The number of nitrogens with zero attached hydrogens (tertiary/aromatic N) is 1. The summed E-state index contributed by atoms with van der Waals surface area (Å²) in [6, 6.07) is 2.36. The Kier molecular flexibility index (Phi) is 3.18. The fourth-order valence-corrected chi connectivity index (χ4v) is 3.85. The molecular formula is C14H20N2S. The molecule has 0 fully saturated rings. The van der Waals surface area contributed by atoms with Crippen LogP contribution in [-0.4, -0.2) is 7.05 Å². The summed E-state index contributed by atoms with van der Waals surface area (Å²) in [5, 5.41) is 13.4. The van der Waals surface area contributed by atoms with E-state index < -0.39 is 0 Å². The molecular weight excluding hydrogens is 228 g/mol. The number of hydrogen-bond acceptors (Lipinski definition) is 3. The Morgan fingerprint density at radius 1 is 1.41 bits per heavy atom. The number of thiophene rings is 1. The molecule has 0 unspecified atom stereocenters. The molecule has 1 N–H and O–H groups in total. The number of hydrogen-bond donors (Lipinski definition) is 1. The molecule has 1 aromatic heterocycles. The van der Waals surface area contributed by atoms with Crippen LogP contribution in [0, 0.1) is 22.7 Å². The summed E-state index contributed by atoms with van der Waals surface area (Å²) in [5.41, 5.74) is 2.57. The quantitative estimate of drug-likeness (QED) is 0.820. The fraction of sp³-hybridized carbons (Fsp3) is 0.643. The summed E-state index contributed by atoms with van der Waals surface area (Å²) in [5.74, 6) is 0.741. The van der Waals surface area contributed by atoms with Crippen molar-refractivity contribution in [2.75, 3.05) is 12.4 Å². The molecule has 0 bridgehead atoms. The maximum Gasteiger partial charge on any atom is 0.107 e. The largest absolute Gasteiger partial charge is 0.379 e. The molecule has 2 nitrogen and oxygen atoms in total. The minimum atomic E-state index is 0.369. The first-order chi connectivity index (χ1) is 7.97. The first kappa shape index (κ1) is 12.4. The van der Waals surface area contributed by atoms with E-state index in [0.29, 0.717) is 5.41 Å². The number of rotatable bonds is 1. The molecule has 2 rings (SSSR count). The van der Waals surface area contributed by atoms with Gasteiger partial charge in [0.15, 0.2) is 0 Å². The third-order valence-corrected chi connectivity index (χ3v) is 5.10. The van der Waals surface area contributed by atoms with Gasteiger partial charge in [-0.25, -0.2) is 0 Å². The van der Waals surface area contributed by atoms with E-state index in [2.05, 4.69) is 32.2 Å². The zero-order chi connectivity index (χ0) is 12.6. The van der Waals surface area contributed by atoms with Gasteiger partial charge < -0.3 is 5.32 Å². The average molecular weight is 248 g/mol. The van der Waals surface area contributed by atoms with Crippen LogP contribution in [0.4, 0.5) is 5.00 Å². The normalized spacial score (nSPS) is 19.6. The third kappa shape index (κ3) is 2.19. The molecule has 3 heteroatoms. The van der Waals surface area contributed by atoms with Gasteiger partial charge in [-0.05, 0) is 36.2 Å². The molecule has 0 aromatic carbocycles. The van der Waals surface area contributed by atoms with Gasteiger partial charge in [-0.15, -0.1) is 11.3 Å². The van der Waals surface area contributed by atoms with Crippen LogP contribution < -0.4 is 5.32 Å². The average Bonchev–Trinajstić information content (AvgIpc) is 2.64. The number of anilines is 1. The van der Waals surface area contributed by atoms with Gasteiger partial charge in [0.05, 0.1) is 5.56 Å². The molecule has 0 amide bonds. The maximum atomic E-state index is 9.24. The zero-order valence-electron chi connectivity index (χ0n) is 11.1. The molecule has 0 saturated carbocycles. The first-order valence-corrected chi connectivity index (χ1v) is 7.01. The van der Waals surface area contributed by atoms with E-state index in [1.807, 2.05) is 7.05 Å². The predicted octanol–water partition coefficient (Wildman–Crippen LogP) is 3.81. The molecule has 1 aliphatic carbocycles. The van der Waals surface area contributed by atoms with Gasteiger partial charge in [-0.2, -0.15) is 5.26 Å². The van der Waals surface area contributed by atoms with Crippen LogP contribution in [0.15, 0.2) is 0 Å². The number of nitrogens with one attached hydrogen (secondary N) is 1. The van der Waals surface area contributed by atoms with Gasteiger partial charge in [-0.3, -0.25) is 0 Å². The second-order valence-corrected chi connectivity index (χ2v) is 6.98. The first-order valence-electron chi connectivity index (χ1n) is 6.19. The van der Waals surface area contributed by atoms with Gasteiger partial charge in [0, 0.05) is 11.9 Å². The summed E-state index contributed by atoms with van der Waals surface area (Å²) < 4.78 is 0. The van der Waals surface area contributed by atoms with Crippen molar-refractivity contribution in [1.82, 2.24) is 0 Å². The smallest absolute Gasteiger partial charge is 0.107 e. The summed E-state index contributed by atoms with van der Waals surface area (Å²) in [4.78, 5) is 1.43. The van der Waals surface area contributed by atoms with Gasteiger partial charge in [0.2, 0.25) is 0 Å². The predicted molar refractivity (Wildman–Crippen MR) is 73.6 cm³/mol. The maximum absolute atomic E-state index is 9.24. The topological polar surface area (TPSA) is 35.8 Å². The Morgan fingerprint density at radius 3 is 2.65 bits per heavy atom. The summed E-state index contributed by atoms with van der Waals surface area (Å²) in [6.45, 7) is 6.96. The molecule has 0 radical (unpaired) electrons. The van der Waals surface area contributed by atoms with Crippen molar-refractivity contribution in [3.8, 4) is 6.07 Å². The minimum Gasteiger partial charge on any atom is -0.379 e. The SMILES string of the molecule is CNc1sc2c(c1C#N)CC[C@H](C(C)(C)C)C2. The van der Waals surface area contributed by atoms with Crippen molar-refractivity contribution in [3.05, 3.63) is 16.0 Å². The van der Waals surface area contributed by atoms with Crippen molar-refractivity contribution in [3.63, 3.8) is 0 Å². The molecule has 0 saturated heterocycles. The molecule has 92 valence electrons. The molecule has 1 atom stereocenters. The molecule has 17 heavy (non-hydrogen) atoms. The molecule has 0 aliphatic heterocycles. The van der Waals surface area contributed by atoms with E-state index in [9.17, 15) is 5.26 Å². The summed E-state index contributed by atoms with van der Waals surface area (Å²) in [6.07, 6.45) is 3.42. The van der Waals surface area contributed by atoms with Crippen molar-refractivity contribution in [2.45, 2.75) is 40.0 Å². The number of nitriles is 1. The highest BCUT2D eigenvalue weighted by Crippen LogP contribution is 2.43. The van der Waals surface area contributed by atoms with Crippen LogP contribution in [0.5, 0.6) is 0 Å². The lowest BCUT2D eigenvalue weighted by atomic mass is 9.72.